The van der Waals surface area contributed by atoms with Gasteiger partial charge in [-0.15, -0.1) is 0 Å². The predicted molar refractivity (Wildman–Crippen MR) is 73.9 cm³/mol. The lowest BCUT2D eigenvalue weighted by Crippen LogP contribution is -2.23. The molecule has 0 aliphatic heterocycles. The molecule has 1 fully saturated rings. The van der Waals surface area contributed by atoms with Gasteiger partial charge in [0.2, 0.25) is 0 Å². The molecule has 1 atom stereocenters. The molecule has 1 saturated carbocycles. The quantitative estimate of drug-likeness (QED) is 0.863. The number of ether oxygens (including phenoxy) is 1. The van der Waals surface area contributed by atoms with Crippen molar-refractivity contribution in [1.29, 1.82) is 0 Å². The van der Waals surface area contributed by atoms with Crippen LogP contribution < -0.4 is 4.74 Å². The molecule has 0 saturated heterocycles. The topological polar surface area (TPSA) is 29.5 Å². The highest BCUT2D eigenvalue weighted by molar-refractivity contribution is 5.33. The maximum Gasteiger partial charge on any atom is 0.122 e. The average Bonchev–Trinajstić information content (AvgIpc) is 2.46. The molecule has 0 spiro atoms. The fourth-order valence-corrected chi connectivity index (χ4v) is 2.97. The second kappa shape index (κ2) is 6.79. The van der Waals surface area contributed by atoms with Crippen molar-refractivity contribution < 1.29 is 9.84 Å². The maximum absolute atomic E-state index is 10.3. The number of methoxy groups -OCH3 is 1. The van der Waals surface area contributed by atoms with Crippen LogP contribution in [-0.4, -0.2) is 18.3 Å². The van der Waals surface area contributed by atoms with Crippen LogP contribution in [0.15, 0.2) is 24.3 Å². The summed E-state index contributed by atoms with van der Waals surface area (Å²) in [5.41, 5.74) is 1.20. The fourth-order valence-electron chi connectivity index (χ4n) is 2.97. The SMILES string of the molecule is COc1ccccc1CC[C@H](O)C1CCCCC1. The van der Waals surface area contributed by atoms with E-state index in [1.54, 1.807) is 7.11 Å². The summed E-state index contributed by atoms with van der Waals surface area (Å²) in [7, 11) is 1.70. The number of benzene rings is 1. The highest BCUT2D eigenvalue weighted by Crippen LogP contribution is 2.29. The Labute approximate surface area is 110 Å². The van der Waals surface area contributed by atoms with E-state index in [0.29, 0.717) is 5.92 Å². The van der Waals surface area contributed by atoms with Crippen molar-refractivity contribution in [2.45, 2.75) is 51.0 Å². The van der Waals surface area contributed by atoms with Gasteiger partial charge >= 0.3 is 0 Å². The number of rotatable bonds is 5. The largest absolute Gasteiger partial charge is 0.496 e. The van der Waals surface area contributed by atoms with E-state index < -0.39 is 0 Å². The van der Waals surface area contributed by atoms with Crippen LogP contribution in [0.1, 0.15) is 44.1 Å². The molecule has 1 aromatic rings. The first-order valence-electron chi connectivity index (χ1n) is 7.11. The number of hydrogen-bond donors (Lipinski definition) is 1. The van der Waals surface area contributed by atoms with Crippen molar-refractivity contribution in [2.75, 3.05) is 7.11 Å². The van der Waals surface area contributed by atoms with E-state index >= 15 is 0 Å². The van der Waals surface area contributed by atoms with E-state index in [1.165, 1.54) is 37.7 Å². The van der Waals surface area contributed by atoms with Gasteiger partial charge in [0, 0.05) is 0 Å². The van der Waals surface area contributed by atoms with Crippen LogP contribution >= 0.6 is 0 Å². The van der Waals surface area contributed by atoms with Gasteiger partial charge in [0.15, 0.2) is 0 Å². The molecule has 2 heteroatoms. The first-order chi connectivity index (χ1) is 8.81. The Hall–Kier alpha value is -1.02. The summed E-state index contributed by atoms with van der Waals surface area (Å²) in [4.78, 5) is 0. The standard InChI is InChI=1S/C16H24O2/c1-18-16-10-6-5-9-14(16)11-12-15(17)13-7-3-2-4-8-13/h5-6,9-10,13,15,17H,2-4,7-8,11-12H2,1H3/t15-/m0/s1. The van der Waals surface area contributed by atoms with Crippen LogP contribution in [-0.2, 0) is 6.42 Å². The number of hydrogen-bond acceptors (Lipinski definition) is 2. The van der Waals surface area contributed by atoms with E-state index in [2.05, 4.69) is 6.07 Å². The van der Waals surface area contributed by atoms with E-state index in [1.807, 2.05) is 18.2 Å². The zero-order valence-electron chi connectivity index (χ0n) is 11.3. The van der Waals surface area contributed by atoms with Crippen molar-refractivity contribution in [3.8, 4) is 5.75 Å². The molecule has 1 aliphatic rings. The van der Waals surface area contributed by atoms with Gasteiger partial charge in [-0.05, 0) is 43.2 Å². The molecule has 0 amide bonds. The molecule has 0 heterocycles. The molecule has 0 bridgehead atoms. The van der Waals surface area contributed by atoms with Gasteiger partial charge in [-0.3, -0.25) is 0 Å². The van der Waals surface area contributed by atoms with Crippen LogP contribution in [0.2, 0.25) is 0 Å². The third-order valence-electron chi connectivity index (χ3n) is 4.10. The Morgan fingerprint density at radius 1 is 1.22 bits per heavy atom. The fraction of sp³-hybridized carbons (Fsp3) is 0.625. The van der Waals surface area contributed by atoms with Crippen molar-refractivity contribution in [1.82, 2.24) is 0 Å². The van der Waals surface area contributed by atoms with Crippen LogP contribution in [0.3, 0.4) is 0 Å². The predicted octanol–water partition coefficient (Wildman–Crippen LogP) is 3.57. The van der Waals surface area contributed by atoms with Gasteiger partial charge in [-0.1, -0.05) is 37.5 Å². The summed E-state index contributed by atoms with van der Waals surface area (Å²) in [5.74, 6) is 1.46. The number of aryl methyl sites for hydroxylation is 1. The Kier molecular flexibility index (Phi) is 5.06. The lowest BCUT2D eigenvalue weighted by molar-refractivity contribution is 0.0774. The second-order valence-electron chi connectivity index (χ2n) is 5.32. The molecule has 18 heavy (non-hydrogen) atoms. The average molecular weight is 248 g/mol. The lowest BCUT2D eigenvalue weighted by atomic mass is 9.83. The summed E-state index contributed by atoms with van der Waals surface area (Å²) in [6.45, 7) is 0. The lowest BCUT2D eigenvalue weighted by Gasteiger charge is -2.26. The van der Waals surface area contributed by atoms with Crippen LogP contribution in [0, 0.1) is 5.92 Å². The van der Waals surface area contributed by atoms with Gasteiger partial charge in [-0.2, -0.15) is 0 Å². The summed E-state index contributed by atoms with van der Waals surface area (Å²) in [6.07, 6.45) is 7.94. The van der Waals surface area contributed by atoms with Gasteiger partial charge in [-0.25, -0.2) is 0 Å². The smallest absolute Gasteiger partial charge is 0.122 e. The van der Waals surface area contributed by atoms with E-state index in [-0.39, 0.29) is 6.10 Å². The van der Waals surface area contributed by atoms with Crippen molar-refractivity contribution >= 4 is 0 Å². The summed E-state index contributed by atoms with van der Waals surface area (Å²) in [5, 5.41) is 10.3. The zero-order chi connectivity index (χ0) is 12.8. The molecular weight excluding hydrogens is 224 g/mol. The number of aliphatic hydroxyl groups excluding tert-OH is 1. The Bertz CT molecular complexity index is 356. The van der Waals surface area contributed by atoms with Crippen LogP contribution in [0.4, 0.5) is 0 Å². The zero-order valence-corrected chi connectivity index (χ0v) is 11.3. The maximum atomic E-state index is 10.3. The summed E-state index contributed by atoms with van der Waals surface area (Å²) in [6, 6.07) is 8.10. The molecular formula is C16H24O2. The molecule has 1 N–H and O–H groups in total. The van der Waals surface area contributed by atoms with E-state index in [9.17, 15) is 5.11 Å². The minimum absolute atomic E-state index is 0.143. The number of para-hydroxylation sites is 1. The minimum Gasteiger partial charge on any atom is -0.496 e. The van der Waals surface area contributed by atoms with Crippen molar-refractivity contribution in [3.05, 3.63) is 29.8 Å². The van der Waals surface area contributed by atoms with Gasteiger partial charge in [0.1, 0.15) is 5.75 Å². The third-order valence-corrected chi connectivity index (χ3v) is 4.10. The molecule has 1 aromatic carbocycles. The highest BCUT2D eigenvalue weighted by atomic mass is 16.5. The second-order valence-corrected chi connectivity index (χ2v) is 5.32. The van der Waals surface area contributed by atoms with Gasteiger partial charge in [0.25, 0.3) is 0 Å². The molecule has 2 nitrogen and oxygen atoms in total. The Morgan fingerprint density at radius 3 is 2.67 bits per heavy atom. The van der Waals surface area contributed by atoms with Crippen molar-refractivity contribution in [2.24, 2.45) is 5.92 Å². The van der Waals surface area contributed by atoms with Gasteiger partial charge in [0.05, 0.1) is 13.2 Å². The summed E-state index contributed by atoms with van der Waals surface area (Å²) < 4.78 is 5.34. The monoisotopic (exact) mass is 248 g/mol. The third kappa shape index (κ3) is 3.49. The molecule has 0 radical (unpaired) electrons. The summed E-state index contributed by atoms with van der Waals surface area (Å²) >= 11 is 0. The molecule has 100 valence electrons. The normalized spacial score (nSPS) is 18.6. The van der Waals surface area contributed by atoms with Crippen molar-refractivity contribution in [3.63, 3.8) is 0 Å². The minimum atomic E-state index is -0.143. The van der Waals surface area contributed by atoms with Gasteiger partial charge < -0.3 is 9.84 Å². The van der Waals surface area contributed by atoms with E-state index in [0.717, 1.165) is 18.6 Å². The van der Waals surface area contributed by atoms with Crippen LogP contribution in [0.25, 0.3) is 0 Å². The van der Waals surface area contributed by atoms with Crippen LogP contribution in [0.5, 0.6) is 5.75 Å². The highest BCUT2D eigenvalue weighted by Gasteiger charge is 2.21. The Balaban J connectivity index is 1.86. The first-order valence-corrected chi connectivity index (χ1v) is 7.11. The van der Waals surface area contributed by atoms with E-state index in [4.69, 9.17) is 4.74 Å². The number of aliphatic hydroxyl groups is 1. The first kappa shape index (κ1) is 13.4. The Morgan fingerprint density at radius 2 is 1.94 bits per heavy atom. The molecule has 2 rings (SSSR count). The molecule has 0 aromatic heterocycles. The molecule has 0 unspecified atom stereocenters. The molecule has 1 aliphatic carbocycles.